The van der Waals surface area contributed by atoms with Crippen molar-refractivity contribution in [2.24, 2.45) is 0 Å². The minimum absolute atomic E-state index is 0.117. The van der Waals surface area contributed by atoms with E-state index in [0.29, 0.717) is 6.42 Å². The summed E-state index contributed by atoms with van der Waals surface area (Å²) in [5.41, 5.74) is 0. The fraction of sp³-hybridized carbons (Fsp3) is 0.704. The lowest BCUT2D eigenvalue weighted by molar-refractivity contribution is -0.161. The molecular weight excluding hydrogens is 515 g/mol. The molecule has 0 aromatic heterocycles. The molecule has 0 aliphatic carbocycles. The molecule has 3 atom stereocenters. The average Bonchev–Trinajstić information content (AvgIpc) is 2.90. The van der Waals surface area contributed by atoms with Crippen LogP contribution in [0.25, 0.3) is 0 Å². The number of esters is 2. The van der Waals surface area contributed by atoms with Gasteiger partial charge in [-0.3, -0.25) is 18.6 Å². The summed E-state index contributed by atoms with van der Waals surface area (Å²) in [5, 5.41) is 18.0. The lowest BCUT2D eigenvalue weighted by atomic mass is 10.1. The smallest absolute Gasteiger partial charge is 0.462 e. The third-order valence-corrected chi connectivity index (χ3v) is 6.06. The minimum Gasteiger partial charge on any atom is -0.462 e. The maximum Gasteiger partial charge on any atom is 0.472 e. The molecule has 0 aliphatic heterocycles. The van der Waals surface area contributed by atoms with Crippen molar-refractivity contribution in [1.82, 2.24) is 0 Å². The summed E-state index contributed by atoms with van der Waals surface area (Å²) in [6, 6.07) is 0. The second kappa shape index (κ2) is 24.2. The number of carbonyl (C=O) groups is 2. The molecule has 0 spiro atoms. The van der Waals surface area contributed by atoms with Crippen LogP contribution in [0.4, 0.5) is 0 Å². The van der Waals surface area contributed by atoms with E-state index in [-0.39, 0.29) is 19.4 Å². The molecule has 0 aromatic carbocycles. The predicted octanol–water partition coefficient (Wildman–Crippen LogP) is 4.93. The number of aliphatic hydroxyl groups excluding tert-OH is 2. The average molecular weight is 563 g/mol. The second-order valence-electron chi connectivity index (χ2n) is 8.65. The highest BCUT2D eigenvalue weighted by Crippen LogP contribution is 2.43. The van der Waals surface area contributed by atoms with Gasteiger partial charge in [-0.15, -0.1) is 0 Å². The Morgan fingerprint density at radius 1 is 0.816 bits per heavy atom. The molecule has 220 valence electrons. The molecule has 3 unspecified atom stereocenters. The van der Waals surface area contributed by atoms with Crippen LogP contribution >= 0.6 is 7.82 Å². The molecule has 11 heteroatoms. The molecule has 3 N–H and O–H groups in total. The van der Waals surface area contributed by atoms with Gasteiger partial charge in [0.2, 0.25) is 0 Å². The molecule has 0 rings (SSSR count). The van der Waals surface area contributed by atoms with Gasteiger partial charge in [-0.25, -0.2) is 4.57 Å². The third kappa shape index (κ3) is 23.3. The van der Waals surface area contributed by atoms with E-state index in [1.807, 2.05) is 0 Å². The Balaban J connectivity index is 4.19. The topological polar surface area (TPSA) is 149 Å². The molecule has 0 fully saturated rings. The number of carbonyl (C=O) groups excluding carboxylic acids is 2. The van der Waals surface area contributed by atoms with E-state index in [2.05, 4.69) is 47.9 Å². The fourth-order valence-electron chi connectivity index (χ4n) is 2.98. The Morgan fingerprint density at radius 3 is 2.08 bits per heavy atom. The molecule has 0 saturated carbocycles. The van der Waals surface area contributed by atoms with Gasteiger partial charge in [0.1, 0.15) is 12.7 Å². The number of hydrogen-bond donors (Lipinski definition) is 3. The van der Waals surface area contributed by atoms with Crippen LogP contribution in [-0.2, 0) is 32.7 Å². The van der Waals surface area contributed by atoms with Crippen molar-refractivity contribution >= 4 is 19.8 Å². The standard InChI is InChI=1S/C27H47O10P/c1-3-5-6-7-8-9-10-11-12-13-14-15-16-17-18-19-27(31)37-25(22-34-26(30)4-2)23-36-38(32,33)35-21-24(29)20-28/h5-6,8-9,11-12,24-25,28-29H,3-4,7,10,13-23H2,1-2H3,(H,32,33)/b6-5-,9-8-,12-11-. The first-order chi connectivity index (χ1) is 18.2. The molecular formula is C27H47O10P. The van der Waals surface area contributed by atoms with Gasteiger partial charge in [-0.05, 0) is 38.5 Å². The first-order valence-electron chi connectivity index (χ1n) is 13.4. The highest BCUT2D eigenvalue weighted by atomic mass is 31.2. The summed E-state index contributed by atoms with van der Waals surface area (Å²) < 4.78 is 31.5. The van der Waals surface area contributed by atoms with Crippen LogP contribution in [-0.4, -0.2) is 65.7 Å². The van der Waals surface area contributed by atoms with Crippen LogP contribution in [0, 0.1) is 0 Å². The maximum absolute atomic E-state index is 12.2. The largest absolute Gasteiger partial charge is 0.472 e. The number of aliphatic hydroxyl groups is 2. The highest BCUT2D eigenvalue weighted by molar-refractivity contribution is 7.47. The number of ether oxygens (including phenoxy) is 2. The monoisotopic (exact) mass is 562 g/mol. The summed E-state index contributed by atoms with van der Waals surface area (Å²) in [6.07, 6.45) is 19.5. The number of phosphoric ester groups is 1. The van der Waals surface area contributed by atoms with Gasteiger partial charge in [0.15, 0.2) is 6.10 Å². The molecule has 38 heavy (non-hydrogen) atoms. The second-order valence-corrected chi connectivity index (χ2v) is 10.1. The summed E-state index contributed by atoms with van der Waals surface area (Å²) in [4.78, 5) is 33.3. The van der Waals surface area contributed by atoms with Crippen molar-refractivity contribution in [3.63, 3.8) is 0 Å². The van der Waals surface area contributed by atoms with Crippen molar-refractivity contribution in [3.05, 3.63) is 36.5 Å². The zero-order chi connectivity index (χ0) is 28.5. The highest BCUT2D eigenvalue weighted by Gasteiger charge is 2.26. The summed E-state index contributed by atoms with van der Waals surface area (Å²) in [5.74, 6) is -1.05. The van der Waals surface area contributed by atoms with Crippen LogP contribution < -0.4 is 0 Å². The Morgan fingerprint density at radius 2 is 1.42 bits per heavy atom. The van der Waals surface area contributed by atoms with E-state index >= 15 is 0 Å². The maximum atomic E-state index is 12.2. The number of phosphoric acid groups is 1. The molecule has 0 bridgehead atoms. The van der Waals surface area contributed by atoms with E-state index < -0.39 is 51.8 Å². The van der Waals surface area contributed by atoms with E-state index in [4.69, 9.17) is 19.1 Å². The Hall–Kier alpha value is -1.81. The van der Waals surface area contributed by atoms with Gasteiger partial charge >= 0.3 is 19.8 Å². The first kappa shape index (κ1) is 36.2. The van der Waals surface area contributed by atoms with Crippen LogP contribution in [0.15, 0.2) is 36.5 Å². The van der Waals surface area contributed by atoms with Crippen molar-refractivity contribution in [2.75, 3.05) is 26.4 Å². The fourth-order valence-corrected chi connectivity index (χ4v) is 3.77. The van der Waals surface area contributed by atoms with Crippen molar-refractivity contribution < 1.29 is 47.8 Å². The number of unbranched alkanes of at least 4 members (excludes halogenated alkanes) is 5. The molecule has 0 aromatic rings. The molecule has 0 aliphatic rings. The van der Waals surface area contributed by atoms with E-state index in [1.165, 1.54) is 0 Å². The minimum atomic E-state index is -4.58. The number of rotatable bonds is 24. The van der Waals surface area contributed by atoms with Crippen LogP contribution in [0.1, 0.15) is 84.5 Å². The van der Waals surface area contributed by atoms with Crippen LogP contribution in [0.2, 0.25) is 0 Å². The summed E-state index contributed by atoms with van der Waals surface area (Å²) in [6.45, 7) is 1.56. The van der Waals surface area contributed by atoms with Gasteiger partial charge in [-0.2, -0.15) is 0 Å². The molecule has 0 saturated heterocycles. The van der Waals surface area contributed by atoms with Gasteiger partial charge in [0.25, 0.3) is 0 Å². The Bertz CT molecular complexity index is 750. The van der Waals surface area contributed by atoms with Crippen molar-refractivity contribution in [3.8, 4) is 0 Å². The number of hydrogen-bond acceptors (Lipinski definition) is 9. The first-order valence-corrected chi connectivity index (χ1v) is 14.9. The van der Waals surface area contributed by atoms with E-state index in [0.717, 1.165) is 51.4 Å². The van der Waals surface area contributed by atoms with E-state index in [9.17, 15) is 24.2 Å². The van der Waals surface area contributed by atoms with Gasteiger partial charge < -0.3 is 24.6 Å². The van der Waals surface area contributed by atoms with Crippen LogP contribution in [0.5, 0.6) is 0 Å². The molecule has 0 radical (unpaired) electrons. The lowest BCUT2D eigenvalue weighted by Crippen LogP contribution is -2.29. The normalized spacial score (nSPS) is 15.2. The summed E-state index contributed by atoms with van der Waals surface area (Å²) in [7, 11) is -4.58. The van der Waals surface area contributed by atoms with Gasteiger partial charge in [0, 0.05) is 12.8 Å². The molecule has 10 nitrogen and oxygen atoms in total. The SMILES string of the molecule is CC/C=C\C/C=C\C/C=C\CCCCCCCC(=O)OC(COC(=O)CC)COP(=O)(O)OCC(O)CO. The van der Waals surface area contributed by atoms with Gasteiger partial charge in [-0.1, -0.05) is 69.6 Å². The third-order valence-electron chi connectivity index (χ3n) is 5.11. The predicted molar refractivity (Wildman–Crippen MR) is 145 cm³/mol. The summed E-state index contributed by atoms with van der Waals surface area (Å²) >= 11 is 0. The zero-order valence-corrected chi connectivity index (χ0v) is 23.8. The molecule has 0 amide bonds. The quantitative estimate of drug-likeness (QED) is 0.0640. The van der Waals surface area contributed by atoms with Crippen molar-refractivity contribution in [2.45, 2.75) is 96.7 Å². The Labute approximate surface area is 227 Å². The van der Waals surface area contributed by atoms with Crippen molar-refractivity contribution in [1.29, 1.82) is 0 Å². The van der Waals surface area contributed by atoms with E-state index in [1.54, 1.807) is 6.92 Å². The Kier molecular flexibility index (Phi) is 23.1. The molecule has 0 heterocycles. The van der Waals surface area contributed by atoms with Gasteiger partial charge in [0.05, 0.1) is 19.8 Å². The van der Waals surface area contributed by atoms with Crippen LogP contribution in [0.3, 0.4) is 0 Å². The number of allylic oxidation sites excluding steroid dienone is 6. The zero-order valence-electron chi connectivity index (χ0n) is 22.9. The lowest BCUT2D eigenvalue weighted by Gasteiger charge is -2.20.